The smallest absolute Gasteiger partial charge is 0.187 e. The van der Waals surface area contributed by atoms with Crippen molar-refractivity contribution in [3.63, 3.8) is 0 Å². The van der Waals surface area contributed by atoms with Crippen LogP contribution in [0.25, 0.3) is 0 Å². The number of para-hydroxylation sites is 1. The highest BCUT2D eigenvalue weighted by atomic mass is 79.9. The van der Waals surface area contributed by atoms with Crippen molar-refractivity contribution in [2.24, 2.45) is 0 Å². The molecule has 0 heterocycles. The molecule has 2 aromatic carbocycles. The van der Waals surface area contributed by atoms with E-state index in [4.69, 9.17) is 0 Å². The second-order valence-electron chi connectivity index (χ2n) is 4.23. The van der Waals surface area contributed by atoms with Crippen molar-refractivity contribution in [3.8, 4) is 0 Å². The third-order valence-corrected chi connectivity index (χ3v) is 3.30. The fourth-order valence-electron chi connectivity index (χ4n) is 1.66. The van der Waals surface area contributed by atoms with Gasteiger partial charge >= 0.3 is 0 Å². The first-order valence-electron chi connectivity index (χ1n) is 6.18. The van der Waals surface area contributed by atoms with E-state index in [1.807, 2.05) is 54.5 Å². The van der Waals surface area contributed by atoms with Gasteiger partial charge in [-0.25, -0.2) is 0 Å². The lowest BCUT2D eigenvalue weighted by atomic mass is 10.1. The number of ketones is 1. The molecule has 2 rings (SSSR count). The summed E-state index contributed by atoms with van der Waals surface area (Å²) in [5.74, 6) is -0.0357. The maximum Gasteiger partial charge on any atom is 0.187 e. The number of hydrogen-bond acceptors (Lipinski definition) is 3. The van der Waals surface area contributed by atoms with Crippen LogP contribution < -0.4 is 10.4 Å². The van der Waals surface area contributed by atoms with Gasteiger partial charge in [-0.3, -0.25) is 9.80 Å². The lowest BCUT2D eigenvalue weighted by Crippen LogP contribution is -2.29. The van der Waals surface area contributed by atoms with E-state index in [1.165, 1.54) is 6.08 Å². The third-order valence-electron chi connectivity index (χ3n) is 2.78. The summed E-state index contributed by atoms with van der Waals surface area (Å²) in [4.78, 5) is 11.9. The minimum atomic E-state index is -0.0357. The van der Waals surface area contributed by atoms with Crippen LogP contribution in [0.4, 0.5) is 5.69 Å². The van der Waals surface area contributed by atoms with Crippen LogP contribution in [0.5, 0.6) is 0 Å². The van der Waals surface area contributed by atoms with E-state index >= 15 is 0 Å². The van der Waals surface area contributed by atoms with Crippen molar-refractivity contribution in [1.29, 1.82) is 0 Å². The maximum atomic E-state index is 11.9. The number of hydrazine groups is 1. The van der Waals surface area contributed by atoms with Crippen LogP contribution in [0.15, 0.2) is 71.3 Å². The molecule has 0 radical (unpaired) electrons. The van der Waals surface area contributed by atoms with Crippen LogP contribution in [0.2, 0.25) is 0 Å². The molecule has 2 aromatic rings. The van der Waals surface area contributed by atoms with Crippen LogP contribution in [0.3, 0.4) is 0 Å². The van der Waals surface area contributed by atoms with E-state index in [1.54, 1.807) is 18.3 Å². The maximum absolute atomic E-state index is 11.9. The van der Waals surface area contributed by atoms with Gasteiger partial charge in [-0.05, 0) is 36.4 Å². The van der Waals surface area contributed by atoms with Crippen LogP contribution in [-0.2, 0) is 0 Å². The van der Waals surface area contributed by atoms with E-state index in [0.29, 0.717) is 5.56 Å². The first-order chi connectivity index (χ1) is 9.66. The summed E-state index contributed by atoms with van der Waals surface area (Å²) in [6, 6.07) is 17.1. The second-order valence-corrected chi connectivity index (χ2v) is 5.14. The number of anilines is 1. The van der Waals surface area contributed by atoms with Crippen LogP contribution in [0, 0.1) is 0 Å². The summed E-state index contributed by atoms with van der Waals surface area (Å²) in [7, 11) is 1.89. The largest absolute Gasteiger partial charge is 0.306 e. The molecular formula is C16H15BrN2O. The molecule has 0 saturated carbocycles. The molecule has 4 heteroatoms. The number of carbonyl (C=O) groups excluding carboxylic acids is 1. The Morgan fingerprint density at radius 1 is 1.10 bits per heavy atom. The van der Waals surface area contributed by atoms with Crippen LogP contribution in [-0.4, -0.2) is 12.8 Å². The Balaban J connectivity index is 1.93. The average Bonchev–Trinajstić information content (AvgIpc) is 2.48. The van der Waals surface area contributed by atoms with Crippen molar-refractivity contribution in [2.75, 3.05) is 12.1 Å². The number of halogens is 1. The van der Waals surface area contributed by atoms with Gasteiger partial charge in [0.25, 0.3) is 0 Å². The van der Waals surface area contributed by atoms with E-state index in [9.17, 15) is 4.79 Å². The Morgan fingerprint density at radius 2 is 1.75 bits per heavy atom. The Labute approximate surface area is 127 Å². The van der Waals surface area contributed by atoms with Gasteiger partial charge in [-0.15, -0.1) is 0 Å². The number of allylic oxidation sites excluding steroid dienone is 1. The van der Waals surface area contributed by atoms with E-state index < -0.39 is 0 Å². The van der Waals surface area contributed by atoms with Gasteiger partial charge in [0.2, 0.25) is 0 Å². The standard InChI is InChI=1S/C16H15BrN2O/c1-19(15-5-3-2-4-6-15)18-12-11-16(20)13-7-9-14(17)10-8-13/h2-12,18H,1H3/b12-11-. The summed E-state index contributed by atoms with van der Waals surface area (Å²) in [5, 5.41) is 1.84. The van der Waals surface area contributed by atoms with Gasteiger partial charge < -0.3 is 5.43 Å². The minimum absolute atomic E-state index is 0.0357. The Morgan fingerprint density at radius 3 is 2.40 bits per heavy atom. The fourth-order valence-corrected chi connectivity index (χ4v) is 1.93. The number of nitrogens with one attached hydrogen (secondary N) is 1. The van der Waals surface area contributed by atoms with E-state index in [2.05, 4.69) is 21.4 Å². The molecule has 0 aliphatic heterocycles. The summed E-state index contributed by atoms with van der Waals surface area (Å²) >= 11 is 3.34. The van der Waals surface area contributed by atoms with E-state index in [0.717, 1.165) is 10.2 Å². The van der Waals surface area contributed by atoms with Gasteiger partial charge in [0.1, 0.15) is 0 Å². The number of carbonyl (C=O) groups is 1. The SMILES string of the molecule is CN(N/C=C\C(=O)c1ccc(Br)cc1)c1ccccc1. The molecule has 1 N–H and O–H groups in total. The molecule has 0 bridgehead atoms. The molecule has 0 aliphatic carbocycles. The molecule has 0 aromatic heterocycles. The lowest BCUT2D eigenvalue weighted by molar-refractivity contribution is 0.104. The quantitative estimate of drug-likeness (QED) is 0.514. The molecule has 102 valence electrons. The predicted molar refractivity (Wildman–Crippen MR) is 85.6 cm³/mol. The topological polar surface area (TPSA) is 32.3 Å². The van der Waals surface area contributed by atoms with E-state index in [-0.39, 0.29) is 5.78 Å². The molecule has 0 fully saturated rings. The summed E-state index contributed by atoms with van der Waals surface area (Å²) in [6.45, 7) is 0. The Bertz CT molecular complexity index is 594. The number of nitrogens with zero attached hydrogens (tertiary/aromatic N) is 1. The van der Waals surface area contributed by atoms with Crippen LogP contribution >= 0.6 is 15.9 Å². The van der Waals surface area contributed by atoms with Crippen molar-refractivity contribution in [3.05, 3.63) is 76.9 Å². The summed E-state index contributed by atoms with van der Waals surface area (Å²) in [6.07, 6.45) is 3.15. The average molecular weight is 331 g/mol. The highest BCUT2D eigenvalue weighted by molar-refractivity contribution is 9.10. The van der Waals surface area contributed by atoms with Crippen LogP contribution in [0.1, 0.15) is 10.4 Å². The Hall–Kier alpha value is -2.07. The molecule has 0 spiro atoms. The zero-order chi connectivity index (χ0) is 14.4. The van der Waals surface area contributed by atoms with Crippen molar-refractivity contribution < 1.29 is 4.79 Å². The zero-order valence-electron chi connectivity index (χ0n) is 11.1. The van der Waals surface area contributed by atoms with Gasteiger partial charge in [-0.2, -0.15) is 0 Å². The monoisotopic (exact) mass is 330 g/mol. The number of hydrogen-bond donors (Lipinski definition) is 1. The summed E-state index contributed by atoms with van der Waals surface area (Å²) in [5.41, 5.74) is 4.72. The number of benzene rings is 2. The fraction of sp³-hybridized carbons (Fsp3) is 0.0625. The second kappa shape index (κ2) is 6.91. The highest BCUT2D eigenvalue weighted by Gasteiger charge is 2.01. The molecule has 3 nitrogen and oxygen atoms in total. The summed E-state index contributed by atoms with van der Waals surface area (Å²) < 4.78 is 0.958. The van der Waals surface area contributed by atoms with Gasteiger partial charge in [0.05, 0.1) is 5.69 Å². The molecular weight excluding hydrogens is 316 g/mol. The molecule has 0 atom stereocenters. The zero-order valence-corrected chi connectivity index (χ0v) is 12.7. The normalized spacial score (nSPS) is 10.5. The number of rotatable bonds is 5. The molecule has 20 heavy (non-hydrogen) atoms. The van der Waals surface area contributed by atoms with Crippen molar-refractivity contribution in [2.45, 2.75) is 0 Å². The van der Waals surface area contributed by atoms with Crippen molar-refractivity contribution in [1.82, 2.24) is 5.43 Å². The Kier molecular flexibility index (Phi) is 4.96. The predicted octanol–water partition coefficient (Wildman–Crippen LogP) is 3.79. The van der Waals surface area contributed by atoms with Gasteiger partial charge in [0.15, 0.2) is 5.78 Å². The van der Waals surface area contributed by atoms with Gasteiger partial charge in [-0.1, -0.05) is 34.1 Å². The molecule has 0 amide bonds. The first kappa shape index (κ1) is 14.3. The highest BCUT2D eigenvalue weighted by Crippen LogP contribution is 2.11. The molecule has 0 unspecified atom stereocenters. The van der Waals surface area contributed by atoms with Crippen molar-refractivity contribution >= 4 is 27.4 Å². The first-order valence-corrected chi connectivity index (χ1v) is 6.97. The van der Waals surface area contributed by atoms with Gasteiger partial charge in [0, 0.05) is 29.4 Å². The third kappa shape index (κ3) is 3.96. The molecule has 0 aliphatic rings. The lowest BCUT2D eigenvalue weighted by Gasteiger charge is -2.18. The molecule has 0 saturated heterocycles. The minimum Gasteiger partial charge on any atom is -0.306 e.